The van der Waals surface area contributed by atoms with Gasteiger partial charge in [0.2, 0.25) is 0 Å². The lowest BCUT2D eigenvalue weighted by molar-refractivity contribution is 0.426. The van der Waals surface area contributed by atoms with Gasteiger partial charge in [0.1, 0.15) is 5.76 Å². The molecule has 0 aliphatic heterocycles. The van der Waals surface area contributed by atoms with Gasteiger partial charge in [-0.3, -0.25) is 0 Å². The van der Waals surface area contributed by atoms with Crippen LogP contribution in [0.15, 0.2) is 34.1 Å². The molecular formula is C13H16INOS. The van der Waals surface area contributed by atoms with E-state index in [9.17, 15) is 0 Å². The summed E-state index contributed by atoms with van der Waals surface area (Å²) in [7, 11) is 0. The van der Waals surface area contributed by atoms with Gasteiger partial charge in [-0.15, -0.1) is 11.3 Å². The molecule has 0 aliphatic rings. The number of halogens is 1. The minimum atomic E-state index is 0.447. The highest BCUT2D eigenvalue weighted by Gasteiger charge is 2.11. The van der Waals surface area contributed by atoms with Gasteiger partial charge in [-0.2, -0.15) is 0 Å². The van der Waals surface area contributed by atoms with Crippen molar-refractivity contribution in [1.29, 1.82) is 0 Å². The minimum absolute atomic E-state index is 0.447. The number of hydrogen-bond acceptors (Lipinski definition) is 3. The predicted molar refractivity (Wildman–Crippen MR) is 80.2 cm³/mol. The summed E-state index contributed by atoms with van der Waals surface area (Å²) in [4.78, 5) is 1.41. The first kappa shape index (κ1) is 13.1. The molecule has 0 radical (unpaired) electrons. The summed E-state index contributed by atoms with van der Waals surface area (Å²) in [5.74, 6) is 1.01. The van der Waals surface area contributed by atoms with E-state index in [1.165, 1.54) is 11.3 Å². The molecule has 2 rings (SSSR count). The average molecular weight is 361 g/mol. The van der Waals surface area contributed by atoms with Gasteiger partial charge in [0.15, 0.2) is 3.77 Å². The molecule has 2 nitrogen and oxygen atoms in total. The van der Waals surface area contributed by atoms with Crippen LogP contribution in [0.25, 0.3) is 0 Å². The van der Waals surface area contributed by atoms with E-state index in [4.69, 9.17) is 4.42 Å². The second kappa shape index (κ2) is 6.56. The molecule has 2 aromatic rings. The van der Waals surface area contributed by atoms with Gasteiger partial charge in [-0.05, 0) is 52.6 Å². The fourth-order valence-electron chi connectivity index (χ4n) is 1.79. The van der Waals surface area contributed by atoms with E-state index in [-0.39, 0.29) is 0 Å². The van der Waals surface area contributed by atoms with Crippen molar-refractivity contribution in [2.75, 3.05) is 0 Å². The molecule has 4 heteroatoms. The van der Waals surface area contributed by atoms with Crippen molar-refractivity contribution in [3.8, 4) is 0 Å². The predicted octanol–water partition coefficient (Wildman–Crippen LogP) is 4.58. The molecule has 92 valence electrons. The second-order valence-electron chi connectivity index (χ2n) is 3.94. The molecule has 0 saturated carbocycles. The maximum atomic E-state index is 5.56. The van der Waals surface area contributed by atoms with Crippen LogP contribution in [0.1, 0.15) is 36.4 Å². The summed E-state index contributed by atoms with van der Waals surface area (Å²) in [6.07, 6.45) is 2.35. The summed E-state index contributed by atoms with van der Waals surface area (Å²) in [5.41, 5.74) is 0. The van der Waals surface area contributed by atoms with E-state index in [1.54, 1.807) is 0 Å². The van der Waals surface area contributed by atoms with Crippen molar-refractivity contribution < 1.29 is 4.42 Å². The summed E-state index contributed by atoms with van der Waals surface area (Å²) in [5, 5.41) is 5.70. The maximum absolute atomic E-state index is 5.56. The van der Waals surface area contributed by atoms with Crippen LogP contribution in [-0.2, 0) is 6.54 Å². The van der Waals surface area contributed by atoms with E-state index in [2.05, 4.69) is 52.3 Å². The van der Waals surface area contributed by atoms with Crippen LogP contribution in [0.3, 0.4) is 0 Å². The first-order valence-corrected chi connectivity index (χ1v) is 7.76. The van der Waals surface area contributed by atoms with Gasteiger partial charge in [0, 0.05) is 10.9 Å². The van der Waals surface area contributed by atoms with Crippen molar-refractivity contribution >= 4 is 33.9 Å². The molecule has 0 bridgehead atoms. The van der Waals surface area contributed by atoms with Crippen LogP contribution in [0.5, 0.6) is 0 Å². The molecule has 0 amide bonds. The van der Waals surface area contributed by atoms with E-state index < -0.39 is 0 Å². The Labute approximate surface area is 120 Å². The third-order valence-electron chi connectivity index (χ3n) is 2.62. The number of nitrogens with one attached hydrogen (secondary N) is 1. The molecule has 1 N–H and O–H groups in total. The molecular weight excluding hydrogens is 345 g/mol. The largest absolute Gasteiger partial charge is 0.454 e. The van der Waals surface area contributed by atoms with Gasteiger partial charge in [0.05, 0.1) is 6.54 Å². The zero-order chi connectivity index (χ0) is 12.1. The smallest absolute Gasteiger partial charge is 0.164 e. The molecule has 0 fully saturated rings. The van der Waals surface area contributed by atoms with Crippen LogP contribution in [0.4, 0.5) is 0 Å². The zero-order valence-corrected chi connectivity index (χ0v) is 12.8. The fourth-order valence-corrected chi connectivity index (χ4v) is 3.09. The lowest BCUT2D eigenvalue weighted by Crippen LogP contribution is -2.19. The summed E-state index contributed by atoms with van der Waals surface area (Å²) in [6, 6.07) is 8.79. The standard InChI is InChI=1S/C13H16INOS/c1-2-4-11(12-5-3-8-17-12)15-9-10-6-7-13(14)16-10/h3,5-8,11,15H,2,4,9H2,1H3. The first-order chi connectivity index (χ1) is 8.29. The van der Waals surface area contributed by atoms with Crippen molar-refractivity contribution in [3.05, 3.63) is 44.0 Å². The van der Waals surface area contributed by atoms with Crippen LogP contribution < -0.4 is 5.32 Å². The Hall–Kier alpha value is -0.330. The number of rotatable bonds is 6. The van der Waals surface area contributed by atoms with Crippen molar-refractivity contribution in [1.82, 2.24) is 5.32 Å². The maximum Gasteiger partial charge on any atom is 0.164 e. The van der Waals surface area contributed by atoms with Crippen LogP contribution in [0.2, 0.25) is 0 Å². The lowest BCUT2D eigenvalue weighted by Gasteiger charge is -2.15. The minimum Gasteiger partial charge on any atom is -0.454 e. The monoisotopic (exact) mass is 361 g/mol. The Morgan fingerprint density at radius 2 is 2.29 bits per heavy atom. The highest BCUT2D eigenvalue weighted by molar-refractivity contribution is 14.1. The normalized spacial score (nSPS) is 12.8. The summed E-state index contributed by atoms with van der Waals surface area (Å²) >= 11 is 4.01. The second-order valence-corrected chi connectivity index (χ2v) is 5.99. The van der Waals surface area contributed by atoms with Crippen molar-refractivity contribution in [2.24, 2.45) is 0 Å². The van der Waals surface area contributed by atoms with Gasteiger partial charge >= 0.3 is 0 Å². The molecule has 2 aromatic heterocycles. The fraction of sp³-hybridized carbons (Fsp3) is 0.385. The molecule has 17 heavy (non-hydrogen) atoms. The molecule has 0 saturated heterocycles. The number of hydrogen-bond donors (Lipinski definition) is 1. The van der Waals surface area contributed by atoms with E-state index in [0.29, 0.717) is 6.04 Å². The Balaban J connectivity index is 1.94. The van der Waals surface area contributed by atoms with Crippen LogP contribution in [-0.4, -0.2) is 0 Å². The Morgan fingerprint density at radius 1 is 1.41 bits per heavy atom. The SMILES string of the molecule is CCCC(NCc1ccc(I)o1)c1cccs1. The molecule has 0 aliphatic carbocycles. The summed E-state index contributed by atoms with van der Waals surface area (Å²) in [6.45, 7) is 3.02. The number of thiophene rings is 1. The molecule has 0 aromatic carbocycles. The number of furan rings is 1. The van der Waals surface area contributed by atoms with Gasteiger partial charge in [-0.1, -0.05) is 19.4 Å². The van der Waals surface area contributed by atoms with E-state index >= 15 is 0 Å². The van der Waals surface area contributed by atoms with Gasteiger partial charge in [0.25, 0.3) is 0 Å². The average Bonchev–Trinajstić information content (AvgIpc) is 2.95. The topological polar surface area (TPSA) is 25.2 Å². The van der Waals surface area contributed by atoms with Crippen LogP contribution >= 0.6 is 33.9 Å². The van der Waals surface area contributed by atoms with E-state index in [1.807, 2.05) is 23.5 Å². The first-order valence-electron chi connectivity index (χ1n) is 5.80. The Kier molecular flexibility index (Phi) is 5.06. The highest BCUT2D eigenvalue weighted by atomic mass is 127. The molecule has 2 heterocycles. The zero-order valence-electron chi connectivity index (χ0n) is 9.78. The molecule has 1 unspecified atom stereocenters. The third-order valence-corrected chi connectivity index (χ3v) is 4.18. The Bertz CT molecular complexity index is 438. The highest BCUT2D eigenvalue weighted by Crippen LogP contribution is 2.23. The Morgan fingerprint density at radius 3 is 2.88 bits per heavy atom. The van der Waals surface area contributed by atoms with Gasteiger partial charge < -0.3 is 9.73 Å². The van der Waals surface area contributed by atoms with Crippen LogP contribution in [0, 0.1) is 3.77 Å². The van der Waals surface area contributed by atoms with Gasteiger partial charge in [-0.25, -0.2) is 0 Å². The van der Waals surface area contributed by atoms with Crippen molar-refractivity contribution in [2.45, 2.75) is 32.4 Å². The summed E-state index contributed by atoms with van der Waals surface area (Å²) < 4.78 is 6.50. The quantitative estimate of drug-likeness (QED) is 0.762. The van der Waals surface area contributed by atoms with Crippen molar-refractivity contribution in [3.63, 3.8) is 0 Å². The molecule has 0 spiro atoms. The van der Waals surface area contributed by atoms with E-state index in [0.717, 1.165) is 22.5 Å². The molecule has 1 atom stereocenters. The third kappa shape index (κ3) is 3.82. The lowest BCUT2D eigenvalue weighted by atomic mass is 10.1.